The molecule has 1 N–H and O–H groups in total. The molecule has 1 aromatic rings. The van der Waals surface area contributed by atoms with Crippen LogP contribution in [0.5, 0.6) is 0 Å². The summed E-state index contributed by atoms with van der Waals surface area (Å²) in [5.74, 6) is 0. The van der Waals surface area contributed by atoms with Gasteiger partial charge in [-0.25, -0.2) is 4.79 Å². The first-order valence-electron chi connectivity index (χ1n) is 9.41. The fraction of sp³-hybridized carbons (Fsp3) is 0.600. The van der Waals surface area contributed by atoms with Crippen molar-refractivity contribution >= 4 is 17.7 Å². The normalized spacial score (nSPS) is 29.1. The molecule has 1 saturated heterocycles. The number of halogens is 1. The maximum Gasteiger partial charge on any atom is 0.407 e. The molecule has 1 aliphatic heterocycles. The smallest absolute Gasteiger partial charge is 0.407 e. The van der Waals surface area contributed by atoms with Crippen molar-refractivity contribution < 1.29 is 9.53 Å². The van der Waals surface area contributed by atoms with Crippen LogP contribution < -0.4 is 5.32 Å². The lowest BCUT2D eigenvalue weighted by Gasteiger charge is -2.39. The summed E-state index contributed by atoms with van der Waals surface area (Å²) < 4.78 is 4.97. The molecule has 2 fully saturated rings. The number of nitriles is 1. The third-order valence-electron chi connectivity index (χ3n) is 5.73. The van der Waals surface area contributed by atoms with Gasteiger partial charge in [0, 0.05) is 30.2 Å². The Morgan fingerprint density at radius 2 is 2.19 bits per heavy atom. The first kappa shape index (κ1) is 19.0. The van der Waals surface area contributed by atoms with E-state index in [1.165, 1.54) is 0 Å². The number of hydrogen-bond donors (Lipinski definition) is 1. The van der Waals surface area contributed by atoms with Crippen LogP contribution in [0.4, 0.5) is 4.79 Å². The number of ether oxygens (including phenoxy) is 1. The molecular formula is C20H26ClN3O2. The van der Waals surface area contributed by atoms with E-state index in [2.05, 4.69) is 16.3 Å². The van der Waals surface area contributed by atoms with Crippen LogP contribution in [-0.4, -0.2) is 42.8 Å². The standard InChI is InChI=1S/C20H26ClN3O2/c1-2-26-19(25)23-17-8-11-24(13-17)18-6-9-20(14-22,10-7-18)15-4-3-5-16(21)12-15/h3-5,12,17-18H,2,6-11,13H2,1H3,(H,23,25)/t17-,18?,20?/m0/s1. The van der Waals surface area contributed by atoms with Gasteiger partial charge in [-0.3, -0.25) is 4.90 Å². The molecule has 1 aliphatic carbocycles. The van der Waals surface area contributed by atoms with Crippen LogP contribution in [-0.2, 0) is 10.2 Å². The Morgan fingerprint density at radius 3 is 2.85 bits per heavy atom. The maximum absolute atomic E-state index is 11.6. The van der Waals surface area contributed by atoms with E-state index in [1.54, 1.807) is 0 Å². The number of amides is 1. The molecule has 3 rings (SSSR count). The second-order valence-electron chi connectivity index (χ2n) is 7.28. The van der Waals surface area contributed by atoms with Gasteiger partial charge in [0.2, 0.25) is 0 Å². The molecule has 26 heavy (non-hydrogen) atoms. The molecule has 140 valence electrons. The van der Waals surface area contributed by atoms with Crippen molar-refractivity contribution in [2.45, 2.75) is 56.5 Å². The zero-order valence-electron chi connectivity index (χ0n) is 15.2. The first-order valence-corrected chi connectivity index (χ1v) is 9.79. The van der Waals surface area contributed by atoms with Gasteiger partial charge in [-0.15, -0.1) is 0 Å². The second kappa shape index (κ2) is 8.28. The number of rotatable bonds is 4. The number of likely N-dealkylation sites (tertiary alicyclic amines) is 1. The quantitative estimate of drug-likeness (QED) is 0.867. The van der Waals surface area contributed by atoms with Crippen LogP contribution >= 0.6 is 11.6 Å². The fourth-order valence-electron chi connectivity index (χ4n) is 4.29. The number of carbonyl (C=O) groups excluding carboxylic acids is 1. The Kier molecular flexibility index (Phi) is 6.05. The van der Waals surface area contributed by atoms with E-state index < -0.39 is 5.41 Å². The fourth-order valence-corrected chi connectivity index (χ4v) is 4.48. The summed E-state index contributed by atoms with van der Waals surface area (Å²) in [5, 5.41) is 13.5. The van der Waals surface area contributed by atoms with E-state index in [4.69, 9.17) is 16.3 Å². The van der Waals surface area contributed by atoms with Gasteiger partial charge in [0.05, 0.1) is 18.1 Å². The van der Waals surface area contributed by atoms with E-state index in [0.29, 0.717) is 17.7 Å². The number of alkyl carbamates (subject to hydrolysis) is 1. The van der Waals surface area contributed by atoms with Gasteiger partial charge in [-0.05, 0) is 56.7 Å². The van der Waals surface area contributed by atoms with Gasteiger partial charge in [0.1, 0.15) is 0 Å². The van der Waals surface area contributed by atoms with E-state index in [9.17, 15) is 10.1 Å². The van der Waals surface area contributed by atoms with E-state index in [1.807, 2.05) is 31.2 Å². The van der Waals surface area contributed by atoms with Crippen LogP contribution in [0.1, 0.15) is 44.6 Å². The van der Waals surface area contributed by atoms with Gasteiger partial charge in [0.25, 0.3) is 0 Å². The predicted molar refractivity (Wildman–Crippen MR) is 101 cm³/mol. The minimum absolute atomic E-state index is 0.157. The molecule has 1 aromatic carbocycles. The Labute approximate surface area is 160 Å². The Hall–Kier alpha value is -1.77. The van der Waals surface area contributed by atoms with E-state index in [-0.39, 0.29) is 12.1 Å². The maximum atomic E-state index is 11.6. The van der Waals surface area contributed by atoms with Crippen molar-refractivity contribution in [3.63, 3.8) is 0 Å². The predicted octanol–water partition coefficient (Wildman–Crippen LogP) is 3.86. The first-order chi connectivity index (χ1) is 12.6. The summed E-state index contributed by atoms with van der Waals surface area (Å²) in [7, 11) is 0. The molecule has 1 amide bonds. The zero-order chi connectivity index (χ0) is 18.6. The Balaban J connectivity index is 1.57. The highest BCUT2D eigenvalue weighted by molar-refractivity contribution is 6.30. The number of nitrogens with one attached hydrogen (secondary N) is 1. The minimum Gasteiger partial charge on any atom is -0.450 e. The van der Waals surface area contributed by atoms with Crippen molar-refractivity contribution in [1.82, 2.24) is 10.2 Å². The third kappa shape index (κ3) is 4.13. The molecule has 0 unspecified atom stereocenters. The van der Waals surface area contributed by atoms with Crippen molar-refractivity contribution in [1.29, 1.82) is 5.26 Å². The molecule has 0 radical (unpaired) electrons. The molecule has 1 saturated carbocycles. The van der Waals surface area contributed by atoms with Gasteiger partial charge >= 0.3 is 6.09 Å². The molecule has 1 heterocycles. The summed E-state index contributed by atoms with van der Waals surface area (Å²) in [6.07, 6.45) is 4.31. The van der Waals surface area contributed by atoms with Crippen LogP contribution in [0.15, 0.2) is 24.3 Å². The summed E-state index contributed by atoms with van der Waals surface area (Å²) in [4.78, 5) is 14.0. The minimum atomic E-state index is -0.427. The number of carbonyl (C=O) groups is 1. The lowest BCUT2D eigenvalue weighted by molar-refractivity contribution is 0.143. The lowest BCUT2D eigenvalue weighted by Crippen LogP contribution is -2.43. The third-order valence-corrected chi connectivity index (χ3v) is 5.97. The molecule has 5 nitrogen and oxygen atoms in total. The van der Waals surface area contributed by atoms with Crippen LogP contribution in [0, 0.1) is 11.3 Å². The number of benzene rings is 1. The topological polar surface area (TPSA) is 65.4 Å². The van der Waals surface area contributed by atoms with Crippen molar-refractivity contribution in [2.24, 2.45) is 0 Å². The van der Waals surface area contributed by atoms with Crippen LogP contribution in [0.25, 0.3) is 0 Å². The molecule has 2 aliphatic rings. The molecule has 0 bridgehead atoms. The summed E-state index contributed by atoms with van der Waals surface area (Å²) in [5.41, 5.74) is 0.609. The average molecular weight is 376 g/mol. The molecule has 0 aromatic heterocycles. The van der Waals surface area contributed by atoms with Crippen molar-refractivity contribution in [2.75, 3.05) is 19.7 Å². The van der Waals surface area contributed by atoms with E-state index in [0.717, 1.165) is 50.8 Å². The van der Waals surface area contributed by atoms with Gasteiger partial charge < -0.3 is 10.1 Å². The summed E-state index contributed by atoms with van der Waals surface area (Å²) in [6.45, 7) is 4.05. The van der Waals surface area contributed by atoms with Crippen LogP contribution in [0.3, 0.4) is 0 Å². The van der Waals surface area contributed by atoms with Crippen LogP contribution in [0.2, 0.25) is 5.02 Å². The monoisotopic (exact) mass is 375 g/mol. The summed E-state index contributed by atoms with van der Waals surface area (Å²) >= 11 is 6.13. The summed E-state index contributed by atoms with van der Waals surface area (Å²) in [6, 6.07) is 10.9. The van der Waals surface area contributed by atoms with Gasteiger partial charge in [-0.1, -0.05) is 23.7 Å². The largest absolute Gasteiger partial charge is 0.450 e. The molecule has 6 heteroatoms. The lowest BCUT2D eigenvalue weighted by atomic mass is 9.69. The highest BCUT2D eigenvalue weighted by atomic mass is 35.5. The highest BCUT2D eigenvalue weighted by Crippen LogP contribution is 2.41. The second-order valence-corrected chi connectivity index (χ2v) is 7.72. The van der Waals surface area contributed by atoms with Gasteiger partial charge in [-0.2, -0.15) is 5.26 Å². The molecular weight excluding hydrogens is 350 g/mol. The number of hydrogen-bond acceptors (Lipinski definition) is 4. The van der Waals surface area contributed by atoms with E-state index >= 15 is 0 Å². The zero-order valence-corrected chi connectivity index (χ0v) is 16.0. The highest BCUT2D eigenvalue weighted by Gasteiger charge is 2.40. The molecule has 1 atom stereocenters. The number of nitrogens with zero attached hydrogens (tertiary/aromatic N) is 2. The Bertz CT molecular complexity index is 680. The average Bonchev–Trinajstić information content (AvgIpc) is 3.10. The Morgan fingerprint density at radius 1 is 1.42 bits per heavy atom. The van der Waals surface area contributed by atoms with Crippen molar-refractivity contribution in [3.05, 3.63) is 34.9 Å². The van der Waals surface area contributed by atoms with Crippen molar-refractivity contribution in [3.8, 4) is 6.07 Å². The van der Waals surface area contributed by atoms with Gasteiger partial charge in [0.15, 0.2) is 0 Å². The molecule has 0 spiro atoms. The SMILES string of the molecule is CCOC(=O)N[C@H]1CCN(C2CCC(C#N)(c3cccc(Cl)c3)CC2)C1.